The second-order valence-corrected chi connectivity index (χ2v) is 6.78. The van der Waals surface area contributed by atoms with Crippen molar-refractivity contribution < 1.29 is 4.79 Å². The second-order valence-electron chi connectivity index (χ2n) is 5.62. The summed E-state index contributed by atoms with van der Waals surface area (Å²) in [7, 11) is 0. The molecule has 2 amide bonds. The maximum Gasteiger partial charge on any atom is 0.317 e. The van der Waals surface area contributed by atoms with E-state index in [1.165, 1.54) is 10.5 Å². The first-order valence-corrected chi connectivity index (χ1v) is 9.28. The minimum absolute atomic E-state index is 0.00496. The first-order valence-electron chi connectivity index (χ1n) is 8.30. The summed E-state index contributed by atoms with van der Waals surface area (Å²) in [6.07, 6.45) is 4.46. The molecule has 0 aliphatic carbocycles. The first kappa shape index (κ1) is 18.3. The van der Waals surface area contributed by atoms with Crippen molar-refractivity contribution in [1.29, 1.82) is 0 Å². The fourth-order valence-electron chi connectivity index (χ4n) is 2.24. The molecule has 24 heavy (non-hydrogen) atoms. The molecule has 2 aromatic rings. The maximum atomic E-state index is 12.2. The number of hydrogen-bond acceptors (Lipinski definition) is 3. The van der Waals surface area contributed by atoms with Gasteiger partial charge in [0.1, 0.15) is 0 Å². The SMILES string of the molecule is CCN(Cc1ccncc1)C(=O)NCCCSc1ccc(C)cc1. The van der Waals surface area contributed by atoms with Crippen LogP contribution >= 0.6 is 11.8 Å². The number of aryl methyl sites for hydroxylation is 1. The topological polar surface area (TPSA) is 45.2 Å². The van der Waals surface area contributed by atoms with Gasteiger partial charge in [-0.3, -0.25) is 4.98 Å². The molecule has 0 unspecified atom stereocenters. The van der Waals surface area contributed by atoms with Crippen molar-refractivity contribution in [2.45, 2.75) is 31.7 Å². The van der Waals surface area contributed by atoms with Gasteiger partial charge >= 0.3 is 6.03 Å². The number of aromatic nitrogens is 1. The summed E-state index contributed by atoms with van der Waals surface area (Å²) in [5.41, 5.74) is 2.37. The van der Waals surface area contributed by atoms with Gasteiger partial charge in [-0.2, -0.15) is 0 Å². The lowest BCUT2D eigenvalue weighted by molar-refractivity contribution is 0.198. The summed E-state index contributed by atoms with van der Waals surface area (Å²) in [5.74, 6) is 1.000. The molecule has 0 fully saturated rings. The van der Waals surface area contributed by atoms with Gasteiger partial charge in [0.25, 0.3) is 0 Å². The Morgan fingerprint density at radius 2 is 1.88 bits per heavy atom. The predicted molar refractivity (Wildman–Crippen MR) is 100 cm³/mol. The Morgan fingerprint density at radius 1 is 1.17 bits per heavy atom. The number of nitrogens with zero attached hydrogens (tertiary/aromatic N) is 2. The van der Waals surface area contributed by atoms with Crippen LogP contribution in [0.4, 0.5) is 4.79 Å². The highest BCUT2D eigenvalue weighted by atomic mass is 32.2. The zero-order valence-electron chi connectivity index (χ0n) is 14.4. The van der Waals surface area contributed by atoms with Crippen LogP contribution in [0, 0.1) is 6.92 Å². The smallest absolute Gasteiger partial charge is 0.317 e. The molecule has 0 radical (unpaired) electrons. The van der Waals surface area contributed by atoms with Gasteiger partial charge in [0.05, 0.1) is 0 Å². The van der Waals surface area contributed by atoms with E-state index in [2.05, 4.69) is 41.5 Å². The van der Waals surface area contributed by atoms with E-state index >= 15 is 0 Å². The molecule has 4 nitrogen and oxygen atoms in total. The zero-order valence-corrected chi connectivity index (χ0v) is 15.2. The molecule has 1 aromatic heterocycles. The van der Waals surface area contributed by atoms with Crippen molar-refractivity contribution in [3.05, 3.63) is 59.9 Å². The van der Waals surface area contributed by atoms with Gasteiger partial charge in [-0.25, -0.2) is 4.79 Å². The molecule has 128 valence electrons. The van der Waals surface area contributed by atoms with E-state index in [-0.39, 0.29) is 6.03 Å². The third kappa shape index (κ3) is 6.24. The largest absolute Gasteiger partial charge is 0.338 e. The number of carbonyl (C=O) groups is 1. The van der Waals surface area contributed by atoms with Crippen LogP contribution in [-0.2, 0) is 6.54 Å². The van der Waals surface area contributed by atoms with E-state index < -0.39 is 0 Å². The van der Waals surface area contributed by atoms with E-state index in [9.17, 15) is 4.79 Å². The lowest BCUT2D eigenvalue weighted by Crippen LogP contribution is -2.39. The molecule has 0 spiro atoms. The average Bonchev–Trinajstić information content (AvgIpc) is 2.61. The molecule has 5 heteroatoms. The molecular weight excluding hydrogens is 318 g/mol. The van der Waals surface area contributed by atoms with Gasteiger partial charge in [-0.1, -0.05) is 17.7 Å². The summed E-state index contributed by atoms with van der Waals surface area (Å²) in [6, 6.07) is 12.4. The van der Waals surface area contributed by atoms with Crippen molar-refractivity contribution >= 4 is 17.8 Å². The molecule has 1 aromatic carbocycles. The monoisotopic (exact) mass is 343 g/mol. The molecule has 1 heterocycles. The number of thioether (sulfide) groups is 1. The second kappa shape index (κ2) is 9.98. The minimum Gasteiger partial charge on any atom is -0.338 e. The van der Waals surface area contributed by atoms with Crippen LogP contribution in [0.25, 0.3) is 0 Å². The highest BCUT2D eigenvalue weighted by molar-refractivity contribution is 7.99. The zero-order chi connectivity index (χ0) is 17.2. The number of benzene rings is 1. The third-order valence-corrected chi connectivity index (χ3v) is 4.78. The minimum atomic E-state index is -0.00496. The highest BCUT2D eigenvalue weighted by Gasteiger charge is 2.11. The first-order chi connectivity index (χ1) is 11.7. The summed E-state index contributed by atoms with van der Waals surface area (Å²) in [5, 5.41) is 3.01. The van der Waals surface area contributed by atoms with Crippen molar-refractivity contribution in [3.8, 4) is 0 Å². The summed E-state index contributed by atoms with van der Waals surface area (Å²) in [4.78, 5) is 19.3. The van der Waals surface area contributed by atoms with Crippen molar-refractivity contribution in [2.75, 3.05) is 18.8 Å². The number of pyridine rings is 1. The van der Waals surface area contributed by atoms with Crippen LogP contribution in [0.15, 0.2) is 53.7 Å². The molecule has 2 rings (SSSR count). The van der Waals surface area contributed by atoms with E-state index in [0.717, 1.165) is 17.7 Å². The Morgan fingerprint density at radius 3 is 2.54 bits per heavy atom. The lowest BCUT2D eigenvalue weighted by Gasteiger charge is -2.21. The Hall–Kier alpha value is -2.01. The summed E-state index contributed by atoms with van der Waals surface area (Å²) >= 11 is 1.83. The van der Waals surface area contributed by atoms with E-state index in [4.69, 9.17) is 0 Å². The Balaban J connectivity index is 1.66. The number of urea groups is 1. The third-order valence-electron chi connectivity index (χ3n) is 3.68. The number of rotatable bonds is 8. The Bertz CT molecular complexity index is 616. The number of nitrogens with one attached hydrogen (secondary N) is 1. The molecule has 0 aliphatic rings. The van der Waals surface area contributed by atoms with Crippen LogP contribution in [0.2, 0.25) is 0 Å². The number of amides is 2. The number of carbonyl (C=O) groups excluding carboxylic acids is 1. The fourth-order valence-corrected chi connectivity index (χ4v) is 3.09. The quantitative estimate of drug-likeness (QED) is 0.580. The van der Waals surface area contributed by atoms with E-state index in [1.54, 1.807) is 12.4 Å². The van der Waals surface area contributed by atoms with Gasteiger partial charge in [0, 0.05) is 36.9 Å². The van der Waals surface area contributed by atoms with Gasteiger partial charge in [-0.15, -0.1) is 11.8 Å². The van der Waals surface area contributed by atoms with Crippen molar-refractivity contribution in [1.82, 2.24) is 15.2 Å². The van der Waals surface area contributed by atoms with Crippen LogP contribution in [-0.4, -0.2) is 34.8 Å². The lowest BCUT2D eigenvalue weighted by atomic mass is 10.2. The standard InChI is InChI=1S/C19H25N3OS/c1-3-22(15-17-9-12-20-13-10-17)19(23)21-11-4-14-24-18-7-5-16(2)6-8-18/h5-10,12-13H,3-4,11,14-15H2,1-2H3,(H,21,23). The molecular formula is C19H25N3OS. The average molecular weight is 343 g/mol. The molecule has 0 aliphatic heterocycles. The van der Waals surface area contributed by atoms with Crippen LogP contribution < -0.4 is 5.32 Å². The normalized spacial score (nSPS) is 10.4. The van der Waals surface area contributed by atoms with Gasteiger partial charge in [0.2, 0.25) is 0 Å². The Labute approximate surface area is 148 Å². The molecule has 0 saturated heterocycles. The van der Waals surface area contributed by atoms with Gasteiger partial charge in [0.15, 0.2) is 0 Å². The number of hydrogen-bond donors (Lipinski definition) is 1. The van der Waals surface area contributed by atoms with Crippen molar-refractivity contribution in [2.24, 2.45) is 0 Å². The summed E-state index contributed by atoms with van der Waals surface area (Å²) in [6.45, 7) is 6.09. The molecule has 1 N–H and O–H groups in total. The maximum absolute atomic E-state index is 12.2. The highest BCUT2D eigenvalue weighted by Crippen LogP contribution is 2.18. The van der Waals surface area contributed by atoms with Gasteiger partial charge < -0.3 is 10.2 Å². The molecule has 0 bridgehead atoms. The van der Waals surface area contributed by atoms with Crippen LogP contribution in [0.3, 0.4) is 0 Å². The van der Waals surface area contributed by atoms with Crippen LogP contribution in [0.5, 0.6) is 0 Å². The fraction of sp³-hybridized carbons (Fsp3) is 0.368. The molecule has 0 saturated carbocycles. The van der Waals surface area contributed by atoms with E-state index in [1.807, 2.05) is 35.7 Å². The van der Waals surface area contributed by atoms with Crippen LogP contribution in [0.1, 0.15) is 24.5 Å². The predicted octanol–water partition coefficient (Wildman–Crippen LogP) is 4.10. The molecule has 0 atom stereocenters. The van der Waals surface area contributed by atoms with E-state index in [0.29, 0.717) is 19.6 Å². The van der Waals surface area contributed by atoms with Gasteiger partial charge in [-0.05, 0) is 55.9 Å². The van der Waals surface area contributed by atoms with Crippen molar-refractivity contribution in [3.63, 3.8) is 0 Å². The Kier molecular flexibility index (Phi) is 7.62. The summed E-state index contributed by atoms with van der Waals surface area (Å²) < 4.78 is 0.